The molecule has 26 heavy (non-hydrogen) atoms. The van der Waals surface area contributed by atoms with Gasteiger partial charge in [0, 0.05) is 41.2 Å². The van der Waals surface area contributed by atoms with Crippen molar-refractivity contribution in [3.63, 3.8) is 0 Å². The fraction of sp³-hybridized carbons (Fsp3) is 0.273. The zero-order chi connectivity index (χ0) is 17.9. The molecule has 4 rings (SSSR count). The lowest BCUT2D eigenvalue weighted by molar-refractivity contribution is 0.298. The molecule has 4 heteroatoms. The van der Waals surface area contributed by atoms with E-state index in [0.717, 1.165) is 41.2 Å². The monoisotopic (exact) mass is 364 g/mol. The molecule has 2 heterocycles. The van der Waals surface area contributed by atoms with Crippen molar-refractivity contribution < 1.29 is 5.11 Å². The normalized spacial score (nSPS) is 13.0. The maximum Gasteiger partial charge on any atom is 0.0708 e. The van der Waals surface area contributed by atoms with Crippen LogP contribution in [-0.2, 0) is 25.7 Å². The smallest absolute Gasteiger partial charge is 0.0708 e. The van der Waals surface area contributed by atoms with E-state index >= 15 is 0 Å². The van der Waals surface area contributed by atoms with Crippen LogP contribution >= 0.6 is 11.6 Å². The van der Waals surface area contributed by atoms with Gasteiger partial charge in [0.05, 0.1) is 5.69 Å². The molecule has 3 nitrogen and oxygen atoms in total. The number of fused-ring (bicyclic) bond motifs is 1. The highest BCUT2D eigenvalue weighted by Gasteiger charge is 2.18. The van der Waals surface area contributed by atoms with Crippen molar-refractivity contribution in [1.29, 1.82) is 0 Å². The molecule has 3 aromatic rings. The number of aromatic nitrogens is 2. The molecule has 0 radical (unpaired) electrons. The molecule has 0 spiro atoms. The summed E-state index contributed by atoms with van der Waals surface area (Å²) in [5.74, 6) is 0. The van der Waals surface area contributed by atoms with Crippen molar-refractivity contribution in [3.05, 3.63) is 81.8 Å². The number of hydrogen-bond acceptors (Lipinski definition) is 3. The van der Waals surface area contributed by atoms with Gasteiger partial charge in [-0.25, -0.2) is 0 Å². The summed E-state index contributed by atoms with van der Waals surface area (Å²) in [7, 11) is 0. The predicted molar refractivity (Wildman–Crippen MR) is 105 cm³/mol. The van der Waals surface area contributed by atoms with E-state index in [1.807, 2.05) is 30.5 Å². The van der Waals surface area contributed by atoms with Crippen LogP contribution < -0.4 is 0 Å². The van der Waals surface area contributed by atoms with Gasteiger partial charge in [0.1, 0.15) is 0 Å². The zero-order valence-corrected chi connectivity index (χ0v) is 15.3. The van der Waals surface area contributed by atoms with Crippen molar-refractivity contribution in [2.75, 3.05) is 6.61 Å². The van der Waals surface area contributed by atoms with Gasteiger partial charge < -0.3 is 5.11 Å². The molecule has 0 bridgehead atoms. The van der Waals surface area contributed by atoms with Crippen LogP contribution in [0, 0.1) is 0 Å². The second-order valence-corrected chi connectivity index (χ2v) is 7.20. The van der Waals surface area contributed by atoms with Crippen molar-refractivity contribution in [3.8, 4) is 11.3 Å². The Balaban J connectivity index is 1.69. The van der Waals surface area contributed by atoms with E-state index in [1.54, 1.807) is 0 Å². The average molecular weight is 365 g/mol. The van der Waals surface area contributed by atoms with E-state index in [9.17, 15) is 0 Å². The van der Waals surface area contributed by atoms with Gasteiger partial charge in [-0.3, -0.25) is 9.97 Å². The number of nitrogens with zero attached hydrogens (tertiary/aromatic N) is 2. The molecule has 2 aromatic heterocycles. The summed E-state index contributed by atoms with van der Waals surface area (Å²) in [5.41, 5.74) is 8.12. The Labute approximate surface area is 158 Å². The maximum atomic E-state index is 9.03. The number of aliphatic hydroxyl groups excluding tert-OH is 1. The third kappa shape index (κ3) is 3.64. The van der Waals surface area contributed by atoms with Gasteiger partial charge in [0.2, 0.25) is 0 Å². The first-order chi connectivity index (χ1) is 12.7. The molecule has 0 saturated heterocycles. The summed E-state index contributed by atoms with van der Waals surface area (Å²) in [4.78, 5) is 9.36. The molecule has 0 amide bonds. The quantitative estimate of drug-likeness (QED) is 0.729. The van der Waals surface area contributed by atoms with E-state index in [-0.39, 0.29) is 6.61 Å². The highest BCUT2D eigenvalue weighted by atomic mass is 35.5. The van der Waals surface area contributed by atoms with Crippen LogP contribution in [0.25, 0.3) is 11.3 Å². The Morgan fingerprint density at radius 3 is 2.77 bits per heavy atom. The van der Waals surface area contributed by atoms with Gasteiger partial charge in [-0.1, -0.05) is 29.8 Å². The van der Waals surface area contributed by atoms with Crippen molar-refractivity contribution >= 4 is 11.6 Å². The second-order valence-electron chi connectivity index (χ2n) is 6.76. The number of halogens is 1. The van der Waals surface area contributed by atoms with Crippen LogP contribution in [0.2, 0.25) is 5.02 Å². The molecule has 1 aliphatic carbocycles. The van der Waals surface area contributed by atoms with Gasteiger partial charge in [-0.2, -0.15) is 0 Å². The van der Waals surface area contributed by atoms with Crippen LogP contribution in [-0.4, -0.2) is 21.7 Å². The van der Waals surface area contributed by atoms with Gasteiger partial charge in [-0.05, 0) is 66.6 Å². The molecule has 0 saturated carbocycles. The summed E-state index contributed by atoms with van der Waals surface area (Å²) in [5, 5.41) is 9.76. The Kier molecular flexibility index (Phi) is 5.00. The summed E-state index contributed by atoms with van der Waals surface area (Å²) in [6, 6.07) is 14.2. The average Bonchev–Trinajstić information content (AvgIpc) is 3.12. The van der Waals surface area contributed by atoms with Gasteiger partial charge in [0.25, 0.3) is 0 Å². The first-order valence-electron chi connectivity index (χ1n) is 9.05. The van der Waals surface area contributed by atoms with E-state index < -0.39 is 0 Å². The Hall–Kier alpha value is -2.23. The third-order valence-electron chi connectivity index (χ3n) is 4.91. The summed E-state index contributed by atoms with van der Waals surface area (Å²) in [6.45, 7) is 0.132. The van der Waals surface area contributed by atoms with Crippen LogP contribution in [0.3, 0.4) is 0 Å². The van der Waals surface area contributed by atoms with E-state index in [1.165, 1.54) is 28.8 Å². The molecule has 1 N–H and O–H groups in total. The zero-order valence-electron chi connectivity index (χ0n) is 14.6. The molecule has 0 unspecified atom stereocenters. The number of aryl methyl sites for hydroxylation is 1. The highest BCUT2D eigenvalue weighted by Crippen LogP contribution is 2.30. The second kappa shape index (κ2) is 7.56. The van der Waals surface area contributed by atoms with Crippen LogP contribution in [0.15, 0.2) is 48.7 Å². The van der Waals surface area contributed by atoms with Crippen LogP contribution in [0.5, 0.6) is 0 Å². The molecule has 1 aromatic carbocycles. The number of hydrogen-bond donors (Lipinski definition) is 1. The molecule has 0 aliphatic heterocycles. The standard InChI is InChI=1S/C22H21ClN2O/c23-18-4-1-3-16(12-18)22-13-17(20-5-2-6-21(20)25-22)11-15-7-8-19(9-10-26)24-14-15/h1,3-4,7-8,12-14,26H,2,5-6,9-11H2. The topological polar surface area (TPSA) is 46.0 Å². The molecular weight excluding hydrogens is 344 g/mol. The van der Waals surface area contributed by atoms with Crippen molar-refractivity contribution in [2.24, 2.45) is 0 Å². The summed E-state index contributed by atoms with van der Waals surface area (Å²) >= 11 is 6.17. The Morgan fingerprint density at radius 2 is 2.00 bits per heavy atom. The van der Waals surface area contributed by atoms with E-state index in [4.69, 9.17) is 21.7 Å². The minimum Gasteiger partial charge on any atom is -0.396 e. The van der Waals surface area contributed by atoms with E-state index in [0.29, 0.717) is 6.42 Å². The lowest BCUT2D eigenvalue weighted by atomic mass is 9.98. The SMILES string of the molecule is OCCc1ccc(Cc2cc(-c3cccc(Cl)c3)nc3c2CCC3)cn1. The first kappa shape index (κ1) is 17.2. The molecule has 0 fully saturated rings. The number of pyridine rings is 2. The molecule has 1 aliphatic rings. The fourth-order valence-electron chi connectivity index (χ4n) is 3.62. The first-order valence-corrected chi connectivity index (χ1v) is 9.43. The summed E-state index contributed by atoms with van der Waals surface area (Å²) in [6.07, 6.45) is 6.69. The molecular formula is C22H21ClN2O. The van der Waals surface area contributed by atoms with E-state index in [2.05, 4.69) is 23.2 Å². The largest absolute Gasteiger partial charge is 0.396 e. The maximum absolute atomic E-state index is 9.03. The number of aliphatic hydroxyl groups is 1. The number of benzene rings is 1. The minimum atomic E-state index is 0.132. The lowest BCUT2D eigenvalue weighted by Gasteiger charge is -2.12. The van der Waals surface area contributed by atoms with Gasteiger partial charge in [0.15, 0.2) is 0 Å². The molecule has 0 atom stereocenters. The molecule has 132 valence electrons. The third-order valence-corrected chi connectivity index (χ3v) is 5.15. The fourth-order valence-corrected chi connectivity index (χ4v) is 3.81. The predicted octanol–water partition coefficient (Wildman–Crippen LogP) is 4.41. The van der Waals surface area contributed by atoms with Crippen LogP contribution in [0.1, 0.15) is 34.5 Å². The van der Waals surface area contributed by atoms with Gasteiger partial charge in [-0.15, -0.1) is 0 Å². The van der Waals surface area contributed by atoms with Crippen LogP contribution in [0.4, 0.5) is 0 Å². The summed E-state index contributed by atoms with van der Waals surface area (Å²) < 4.78 is 0. The Morgan fingerprint density at radius 1 is 1.08 bits per heavy atom. The number of rotatable bonds is 5. The van der Waals surface area contributed by atoms with Crippen molar-refractivity contribution in [2.45, 2.75) is 32.1 Å². The Bertz CT molecular complexity index is 922. The lowest BCUT2D eigenvalue weighted by Crippen LogP contribution is -2.01. The van der Waals surface area contributed by atoms with Gasteiger partial charge >= 0.3 is 0 Å². The minimum absolute atomic E-state index is 0.132. The van der Waals surface area contributed by atoms with Crippen molar-refractivity contribution in [1.82, 2.24) is 9.97 Å². The highest BCUT2D eigenvalue weighted by molar-refractivity contribution is 6.30.